The Morgan fingerprint density at radius 1 is 1.15 bits per heavy atom. The molecule has 1 amide bonds. The number of fused-ring (bicyclic) bond motifs is 6. The van der Waals surface area contributed by atoms with E-state index in [1.54, 1.807) is 6.20 Å². The zero-order valence-corrected chi connectivity index (χ0v) is 19.3. The summed E-state index contributed by atoms with van der Waals surface area (Å²) in [5, 5.41) is 6.17. The maximum absolute atomic E-state index is 13.5. The molecule has 0 spiro atoms. The van der Waals surface area contributed by atoms with Crippen LogP contribution in [0, 0.1) is 11.8 Å². The van der Waals surface area contributed by atoms with Gasteiger partial charge in [0.15, 0.2) is 5.65 Å². The Balaban J connectivity index is 1.52. The monoisotopic (exact) mass is 460 g/mol. The number of amides is 1. The van der Waals surface area contributed by atoms with Crippen molar-refractivity contribution in [1.82, 2.24) is 34.9 Å². The van der Waals surface area contributed by atoms with Crippen molar-refractivity contribution < 1.29 is 4.79 Å². The van der Waals surface area contributed by atoms with Crippen LogP contribution in [0.15, 0.2) is 35.3 Å². The normalized spacial score (nSPS) is 20.6. The molecule has 5 heterocycles. The van der Waals surface area contributed by atoms with E-state index in [4.69, 9.17) is 4.98 Å². The molecular weight excluding hydrogens is 432 g/mol. The van der Waals surface area contributed by atoms with Crippen molar-refractivity contribution in [3.63, 3.8) is 0 Å². The number of aromatic amines is 1. The standard InChI is InChI=1S/C24H28N8O2/c1-25-7-8-26-23(34)19-20(33)16-9-27-24(31-12-14-10-30(2)11-15(14)13-31)29-21(16)32-18-6-4-3-5-17(18)28-22(19)32/h3-6,9,14-15,25,28H,7-8,10-13H2,1-2H3,(H,26,34). The molecule has 2 unspecified atom stereocenters. The minimum absolute atomic E-state index is 0.0786. The first-order valence-corrected chi connectivity index (χ1v) is 11.7. The van der Waals surface area contributed by atoms with Crippen molar-refractivity contribution in [3.8, 4) is 0 Å². The minimum Gasteiger partial charge on any atom is -0.351 e. The van der Waals surface area contributed by atoms with E-state index in [1.165, 1.54) is 0 Å². The molecule has 2 atom stereocenters. The number of carbonyl (C=O) groups is 1. The number of H-pyrrole nitrogens is 1. The van der Waals surface area contributed by atoms with Gasteiger partial charge in [-0.25, -0.2) is 4.98 Å². The van der Waals surface area contributed by atoms with Gasteiger partial charge in [-0.1, -0.05) is 12.1 Å². The molecule has 3 aromatic heterocycles. The van der Waals surface area contributed by atoms with Crippen LogP contribution in [0.25, 0.3) is 27.7 Å². The summed E-state index contributed by atoms with van der Waals surface area (Å²) in [7, 11) is 3.98. The van der Waals surface area contributed by atoms with E-state index in [1.807, 2.05) is 35.7 Å². The number of nitrogens with one attached hydrogen (secondary N) is 3. The molecule has 0 saturated carbocycles. The maximum Gasteiger partial charge on any atom is 0.259 e. The van der Waals surface area contributed by atoms with E-state index < -0.39 is 5.91 Å². The molecule has 10 heteroatoms. The highest BCUT2D eigenvalue weighted by atomic mass is 16.2. The summed E-state index contributed by atoms with van der Waals surface area (Å²) in [6.07, 6.45) is 1.58. The summed E-state index contributed by atoms with van der Waals surface area (Å²) in [4.78, 5) is 43.9. The Labute approximate surface area is 196 Å². The van der Waals surface area contributed by atoms with Crippen LogP contribution in [0.5, 0.6) is 0 Å². The summed E-state index contributed by atoms with van der Waals surface area (Å²) in [6.45, 7) is 5.04. The number of para-hydroxylation sites is 2. The second-order valence-electron chi connectivity index (χ2n) is 9.44. The first kappa shape index (κ1) is 21.1. The van der Waals surface area contributed by atoms with Gasteiger partial charge in [0.1, 0.15) is 11.2 Å². The van der Waals surface area contributed by atoms with Crippen LogP contribution in [0.1, 0.15) is 10.4 Å². The van der Waals surface area contributed by atoms with Crippen molar-refractivity contribution >= 4 is 39.6 Å². The molecule has 2 aliphatic heterocycles. The summed E-state index contributed by atoms with van der Waals surface area (Å²) in [5.41, 5.74) is 2.37. The summed E-state index contributed by atoms with van der Waals surface area (Å²) in [5.74, 6) is 1.45. The van der Waals surface area contributed by atoms with Gasteiger partial charge >= 0.3 is 0 Å². The molecule has 2 aliphatic rings. The number of rotatable bonds is 5. The van der Waals surface area contributed by atoms with Crippen molar-refractivity contribution in [2.24, 2.45) is 11.8 Å². The number of likely N-dealkylation sites (tertiary alicyclic amines) is 1. The Morgan fingerprint density at radius 2 is 1.91 bits per heavy atom. The van der Waals surface area contributed by atoms with Gasteiger partial charge in [0, 0.05) is 45.5 Å². The molecule has 4 aromatic rings. The zero-order valence-electron chi connectivity index (χ0n) is 19.3. The van der Waals surface area contributed by atoms with Crippen LogP contribution in [-0.4, -0.2) is 83.5 Å². The number of benzene rings is 1. The van der Waals surface area contributed by atoms with Gasteiger partial charge in [-0.15, -0.1) is 0 Å². The maximum atomic E-state index is 13.5. The van der Waals surface area contributed by atoms with Crippen LogP contribution in [0.2, 0.25) is 0 Å². The molecule has 3 N–H and O–H groups in total. The molecule has 6 rings (SSSR count). The molecular formula is C24H28N8O2. The lowest BCUT2D eigenvalue weighted by molar-refractivity contribution is 0.0954. The number of carbonyl (C=O) groups excluding carboxylic acids is 1. The van der Waals surface area contributed by atoms with E-state index in [0.717, 1.165) is 37.2 Å². The molecule has 2 fully saturated rings. The Hall–Kier alpha value is -3.50. The molecule has 34 heavy (non-hydrogen) atoms. The summed E-state index contributed by atoms with van der Waals surface area (Å²) >= 11 is 0. The predicted octanol–water partition coefficient (Wildman–Crippen LogP) is 0.671. The fraction of sp³-hybridized carbons (Fsp3) is 0.417. The number of nitrogens with zero attached hydrogens (tertiary/aromatic N) is 5. The zero-order chi connectivity index (χ0) is 23.4. The lowest BCUT2D eigenvalue weighted by Crippen LogP contribution is -2.34. The third kappa shape index (κ3) is 3.24. The number of imidazole rings is 1. The van der Waals surface area contributed by atoms with Gasteiger partial charge in [0.25, 0.3) is 5.91 Å². The van der Waals surface area contributed by atoms with Crippen LogP contribution in [0.3, 0.4) is 0 Å². The molecule has 10 nitrogen and oxygen atoms in total. The number of likely N-dealkylation sites (N-methyl/N-ethyl adjacent to an activating group) is 1. The van der Waals surface area contributed by atoms with Gasteiger partial charge in [-0.3, -0.25) is 14.0 Å². The summed E-state index contributed by atoms with van der Waals surface area (Å²) in [6, 6.07) is 7.75. The molecule has 176 valence electrons. The van der Waals surface area contributed by atoms with Gasteiger partial charge in [-0.2, -0.15) is 4.98 Å². The number of hydrogen-bond acceptors (Lipinski definition) is 7. The van der Waals surface area contributed by atoms with Gasteiger partial charge in [0.05, 0.1) is 16.4 Å². The fourth-order valence-electron chi connectivity index (χ4n) is 5.55. The molecule has 0 bridgehead atoms. The quantitative estimate of drug-likeness (QED) is 0.376. The number of hydrogen-bond donors (Lipinski definition) is 3. The van der Waals surface area contributed by atoms with Crippen molar-refractivity contribution in [3.05, 3.63) is 46.2 Å². The van der Waals surface area contributed by atoms with Crippen molar-refractivity contribution in [2.45, 2.75) is 0 Å². The van der Waals surface area contributed by atoms with E-state index in [-0.39, 0.29) is 11.0 Å². The third-order valence-corrected chi connectivity index (χ3v) is 7.14. The van der Waals surface area contributed by atoms with Crippen LogP contribution >= 0.6 is 0 Å². The SMILES string of the molecule is CNCCNC(=O)c1c(=O)c2cnc(N3CC4CN(C)CC4C3)nc2n2c1[nH]c1ccccc12. The highest BCUT2D eigenvalue weighted by Crippen LogP contribution is 2.32. The van der Waals surface area contributed by atoms with Gasteiger partial charge in [-0.05, 0) is 38.1 Å². The van der Waals surface area contributed by atoms with Crippen molar-refractivity contribution in [1.29, 1.82) is 0 Å². The molecule has 2 saturated heterocycles. The topological polar surface area (TPSA) is 111 Å². The lowest BCUT2D eigenvalue weighted by Gasteiger charge is -2.19. The first-order valence-electron chi connectivity index (χ1n) is 11.7. The first-order chi connectivity index (χ1) is 16.5. The second kappa shape index (κ2) is 8.07. The summed E-state index contributed by atoms with van der Waals surface area (Å²) < 4.78 is 1.88. The van der Waals surface area contributed by atoms with E-state index in [9.17, 15) is 9.59 Å². The van der Waals surface area contributed by atoms with Crippen LogP contribution < -0.4 is 21.0 Å². The number of aromatic nitrogens is 4. The average molecular weight is 461 g/mol. The fourth-order valence-corrected chi connectivity index (χ4v) is 5.55. The highest BCUT2D eigenvalue weighted by molar-refractivity contribution is 6.05. The second-order valence-corrected chi connectivity index (χ2v) is 9.44. The Kier molecular flexibility index (Phi) is 5.00. The van der Waals surface area contributed by atoms with E-state index in [2.05, 4.69) is 37.4 Å². The van der Waals surface area contributed by atoms with Crippen molar-refractivity contribution in [2.75, 3.05) is 58.3 Å². The Morgan fingerprint density at radius 3 is 2.68 bits per heavy atom. The van der Waals surface area contributed by atoms with E-state index in [0.29, 0.717) is 47.6 Å². The smallest absolute Gasteiger partial charge is 0.259 e. The van der Waals surface area contributed by atoms with Gasteiger partial charge in [0.2, 0.25) is 11.4 Å². The molecule has 0 radical (unpaired) electrons. The number of pyridine rings is 1. The van der Waals surface area contributed by atoms with Crippen LogP contribution in [0.4, 0.5) is 5.95 Å². The Bertz CT molecular complexity index is 1460. The predicted molar refractivity (Wildman–Crippen MR) is 132 cm³/mol. The van der Waals surface area contributed by atoms with Crippen LogP contribution in [-0.2, 0) is 0 Å². The third-order valence-electron chi connectivity index (χ3n) is 7.14. The largest absolute Gasteiger partial charge is 0.351 e. The van der Waals surface area contributed by atoms with Gasteiger partial charge < -0.3 is 25.4 Å². The minimum atomic E-state index is -0.410. The number of anilines is 1. The highest BCUT2D eigenvalue weighted by Gasteiger charge is 2.39. The van der Waals surface area contributed by atoms with E-state index >= 15 is 0 Å². The molecule has 0 aliphatic carbocycles. The molecule has 1 aromatic carbocycles. The lowest BCUT2D eigenvalue weighted by atomic mass is 10.0. The average Bonchev–Trinajstić information content (AvgIpc) is 3.49.